The van der Waals surface area contributed by atoms with Crippen LogP contribution in [-0.4, -0.2) is 9.55 Å². The van der Waals surface area contributed by atoms with E-state index in [9.17, 15) is 0 Å². The SMILES string of the molecule is CC(C)CCn1c(COc2ccc(Cl)cc2Cl)nc2ccccc21. The van der Waals surface area contributed by atoms with Crippen LogP contribution in [0.4, 0.5) is 0 Å². The molecular formula is C19H20Cl2N2O. The molecule has 3 nitrogen and oxygen atoms in total. The summed E-state index contributed by atoms with van der Waals surface area (Å²) in [6.45, 7) is 5.74. The highest BCUT2D eigenvalue weighted by Gasteiger charge is 2.12. The van der Waals surface area contributed by atoms with Crippen molar-refractivity contribution in [1.29, 1.82) is 0 Å². The zero-order valence-electron chi connectivity index (χ0n) is 13.8. The van der Waals surface area contributed by atoms with Gasteiger partial charge in [-0.3, -0.25) is 0 Å². The molecule has 0 radical (unpaired) electrons. The number of hydrogen-bond acceptors (Lipinski definition) is 2. The molecule has 0 saturated carbocycles. The first-order valence-corrected chi connectivity index (χ1v) is 8.82. The van der Waals surface area contributed by atoms with Gasteiger partial charge in [0.1, 0.15) is 18.2 Å². The number of benzene rings is 2. The number of halogens is 2. The average molecular weight is 363 g/mol. The molecular weight excluding hydrogens is 343 g/mol. The molecule has 0 fully saturated rings. The number of fused-ring (bicyclic) bond motifs is 1. The fourth-order valence-electron chi connectivity index (χ4n) is 2.61. The normalized spacial score (nSPS) is 11.4. The minimum absolute atomic E-state index is 0.369. The zero-order chi connectivity index (χ0) is 17.1. The van der Waals surface area contributed by atoms with Crippen LogP contribution < -0.4 is 4.74 Å². The Morgan fingerprint density at radius 3 is 2.67 bits per heavy atom. The van der Waals surface area contributed by atoms with Gasteiger partial charge in [0.15, 0.2) is 0 Å². The van der Waals surface area contributed by atoms with Crippen molar-refractivity contribution in [3.63, 3.8) is 0 Å². The summed E-state index contributed by atoms with van der Waals surface area (Å²) in [6.07, 6.45) is 1.09. The molecule has 0 amide bonds. The van der Waals surface area contributed by atoms with Crippen LogP contribution in [0, 0.1) is 5.92 Å². The minimum Gasteiger partial charge on any atom is -0.484 e. The number of rotatable bonds is 6. The Morgan fingerprint density at radius 1 is 1.12 bits per heavy atom. The van der Waals surface area contributed by atoms with Crippen molar-refractivity contribution in [2.24, 2.45) is 5.92 Å². The molecule has 3 aromatic rings. The van der Waals surface area contributed by atoms with Crippen LogP contribution >= 0.6 is 23.2 Å². The highest BCUT2D eigenvalue weighted by Crippen LogP contribution is 2.28. The van der Waals surface area contributed by atoms with Crippen LogP contribution in [0.25, 0.3) is 11.0 Å². The Hall–Kier alpha value is -1.71. The van der Waals surface area contributed by atoms with Crippen LogP contribution in [-0.2, 0) is 13.2 Å². The molecule has 126 valence electrons. The number of aryl methyl sites for hydroxylation is 1. The summed E-state index contributed by atoms with van der Waals surface area (Å²) in [7, 11) is 0. The minimum atomic E-state index is 0.369. The monoisotopic (exact) mass is 362 g/mol. The van der Waals surface area contributed by atoms with Gasteiger partial charge in [0.05, 0.1) is 16.1 Å². The van der Waals surface area contributed by atoms with Crippen LogP contribution in [0.2, 0.25) is 10.0 Å². The topological polar surface area (TPSA) is 27.1 Å². The Bertz CT molecular complexity index is 842. The van der Waals surface area contributed by atoms with E-state index >= 15 is 0 Å². The second-order valence-electron chi connectivity index (χ2n) is 6.21. The van der Waals surface area contributed by atoms with Gasteiger partial charge in [-0.1, -0.05) is 49.2 Å². The van der Waals surface area contributed by atoms with Crippen LogP contribution in [0.1, 0.15) is 26.1 Å². The molecule has 0 saturated heterocycles. The number of ether oxygens (including phenoxy) is 1. The van der Waals surface area contributed by atoms with Gasteiger partial charge < -0.3 is 9.30 Å². The van der Waals surface area contributed by atoms with E-state index in [2.05, 4.69) is 24.5 Å². The molecule has 0 unspecified atom stereocenters. The van der Waals surface area contributed by atoms with Crippen molar-refractivity contribution in [3.8, 4) is 5.75 Å². The van der Waals surface area contributed by atoms with Crippen LogP contribution in [0.5, 0.6) is 5.75 Å². The van der Waals surface area contributed by atoms with E-state index in [1.807, 2.05) is 18.2 Å². The quantitative estimate of drug-likeness (QED) is 0.540. The third-order valence-electron chi connectivity index (χ3n) is 3.91. The molecule has 0 aliphatic carbocycles. The van der Waals surface area contributed by atoms with Crippen molar-refractivity contribution in [1.82, 2.24) is 9.55 Å². The summed E-state index contributed by atoms with van der Waals surface area (Å²) >= 11 is 12.1. The molecule has 0 atom stereocenters. The molecule has 3 rings (SSSR count). The summed E-state index contributed by atoms with van der Waals surface area (Å²) < 4.78 is 8.12. The predicted molar refractivity (Wildman–Crippen MR) is 100.0 cm³/mol. The standard InChI is InChI=1S/C19H20Cl2N2O/c1-13(2)9-10-23-17-6-4-3-5-16(17)22-19(23)12-24-18-8-7-14(20)11-15(18)21/h3-8,11,13H,9-10,12H2,1-2H3. The number of para-hydroxylation sites is 2. The molecule has 0 spiro atoms. The van der Waals surface area contributed by atoms with Crippen molar-refractivity contribution in [2.45, 2.75) is 33.4 Å². The van der Waals surface area contributed by atoms with Crippen LogP contribution in [0.3, 0.4) is 0 Å². The van der Waals surface area contributed by atoms with E-state index in [0.717, 1.165) is 29.8 Å². The van der Waals surface area contributed by atoms with E-state index in [4.69, 9.17) is 32.9 Å². The summed E-state index contributed by atoms with van der Waals surface area (Å²) in [4.78, 5) is 4.72. The fraction of sp³-hybridized carbons (Fsp3) is 0.316. The molecule has 0 aliphatic rings. The van der Waals surface area contributed by atoms with Crippen molar-refractivity contribution in [3.05, 3.63) is 58.3 Å². The Labute approximate surface area is 152 Å². The zero-order valence-corrected chi connectivity index (χ0v) is 15.3. The molecule has 0 N–H and O–H groups in total. The van der Waals surface area contributed by atoms with Crippen LogP contribution in [0.15, 0.2) is 42.5 Å². The average Bonchev–Trinajstić information content (AvgIpc) is 2.89. The second-order valence-corrected chi connectivity index (χ2v) is 7.06. The van der Waals surface area contributed by atoms with Gasteiger partial charge in [-0.2, -0.15) is 0 Å². The van der Waals surface area contributed by atoms with E-state index in [0.29, 0.717) is 28.3 Å². The highest BCUT2D eigenvalue weighted by atomic mass is 35.5. The fourth-order valence-corrected chi connectivity index (χ4v) is 3.07. The van der Waals surface area contributed by atoms with Gasteiger partial charge in [0.2, 0.25) is 0 Å². The van der Waals surface area contributed by atoms with Gasteiger partial charge in [0.25, 0.3) is 0 Å². The third-order valence-corrected chi connectivity index (χ3v) is 4.44. The second kappa shape index (κ2) is 7.45. The predicted octanol–water partition coefficient (Wildman–Crippen LogP) is 5.97. The van der Waals surface area contributed by atoms with Crippen molar-refractivity contribution in [2.75, 3.05) is 0 Å². The smallest absolute Gasteiger partial charge is 0.147 e. The lowest BCUT2D eigenvalue weighted by molar-refractivity contribution is 0.289. The lowest BCUT2D eigenvalue weighted by Crippen LogP contribution is -2.09. The number of hydrogen-bond donors (Lipinski definition) is 0. The first kappa shape index (κ1) is 17.1. The highest BCUT2D eigenvalue weighted by molar-refractivity contribution is 6.35. The number of aromatic nitrogens is 2. The number of nitrogens with zero attached hydrogens (tertiary/aromatic N) is 2. The largest absolute Gasteiger partial charge is 0.484 e. The summed E-state index contributed by atoms with van der Waals surface area (Å²) in [6, 6.07) is 13.4. The van der Waals surface area contributed by atoms with Gasteiger partial charge in [-0.15, -0.1) is 0 Å². The lowest BCUT2D eigenvalue weighted by Gasteiger charge is -2.12. The van der Waals surface area contributed by atoms with Gasteiger partial charge in [-0.05, 0) is 42.7 Å². The van der Waals surface area contributed by atoms with Gasteiger partial charge in [-0.25, -0.2) is 4.98 Å². The van der Waals surface area contributed by atoms with Gasteiger partial charge in [0, 0.05) is 11.6 Å². The molecule has 1 aromatic heterocycles. The molecule has 0 bridgehead atoms. The molecule has 1 heterocycles. The maximum atomic E-state index is 6.18. The Morgan fingerprint density at radius 2 is 1.92 bits per heavy atom. The molecule has 2 aromatic carbocycles. The van der Waals surface area contributed by atoms with E-state index < -0.39 is 0 Å². The van der Waals surface area contributed by atoms with E-state index in [-0.39, 0.29) is 0 Å². The third kappa shape index (κ3) is 3.85. The maximum Gasteiger partial charge on any atom is 0.147 e. The molecule has 24 heavy (non-hydrogen) atoms. The summed E-state index contributed by atoms with van der Waals surface area (Å²) in [5.41, 5.74) is 2.13. The van der Waals surface area contributed by atoms with Gasteiger partial charge >= 0.3 is 0 Å². The lowest BCUT2D eigenvalue weighted by atomic mass is 10.1. The number of imidazole rings is 1. The Kier molecular flexibility index (Phi) is 5.32. The maximum absolute atomic E-state index is 6.18. The van der Waals surface area contributed by atoms with Crippen molar-refractivity contribution < 1.29 is 4.74 Å². The Balaban J connectivity index is 1.86. The first-order chi connectivity index (χ1) is 11.5. The van der Waals surface area contributed by atoms with Crippen molar-refractivity contribution >= 4 is 34.2 Å². The first-order valence-electron chi connectivity index (χ1n) is 8.06. The van der Waals surface area contributed by atoms with E-state index in [1.54, 1.807) is 18.2 Å². The molecule has 5 heteroatoms. The van der Waals surface area contributed by atoms with E-state index in [1.165, 1.54) is 0 Å². The summed E-state index contributed by atoms with van der Waals surface area (Å²) in [5.74, 6) is 2.15. The summed E-state index contributed by atoms with van der Waals surface area (Å²) in [5, 5.41) is 1.10. The molecule has 0 aliphatic heterocycles.